The van der Waals surface area contributed by atoms with Crippen molar-refractivity contribution in [2.75, 3.05) is 26.2 Å². The topological polar surface area (TPSA) is 125 Å². The summed E-state index contributed by atoms with van der Waals surface area (Å²) in [5, 5.41) is 2.07. The number of benzene rings is 4. The maximum Gasteiger partial charge on any atom is 0.241 e. The summed E-state index contributed by atoms with van der Waals surface area (Å²) in [6, 6.07) is 24.7. The van der Waals surface area contributed by atoms with Crippen molar-refractivity contribution in [3.05, 3.63) is 141 Å². The van der Waals surface area contributed by atoms with Gasteiger partial charge in [-0.25, -0.2) is 26.3 Å². The van der Waals surface area contributed by atoms with Crippen molar-refractivity contribution in [2.24, 2.45) is 23.7 Å². The van der Waals surface area contributed by atoms with Gasteiger partial charge in [0.1, 0.15) is 0 Å². The van der Waals surface area contributed by atoms with Gasteiger partial charge in [0.25, 0.3) is 0 Å². The van der Waals surface area contributed by atoms with E-state index in [1.807, 2.05) is 36.7 Å². The predicted octanol–water partition coefficient (Wildman–Crippen LogP) is 15.3. The standard InChI is InChI=1S/2C34H47N3O2S/c2*1-20(2)26-16-28(21(3)4)34(29(17-26)22(5)6)40(38,39)36-33(32-18-25-12-14-37(32)19-24(25)8)27-11-13-35-31-10-9-23(7)15-30(27)31/h2*9-11,13,15-17,20-22,24-25,32-33,36H,12,14,18-19H2,1-8H3/t2*24?,25?,32?,33-/m10/s1. The second kappa shape index (κ2) is 24.0. The van der Waals surface area contributed by atoms with Crippen LogP contribution in [-0.2, 0) is 20.0 Å². The van der Waals surface area contributed by atoms with Crippen molar-refractivity contribution >= 4 is 41.9 Å². The smallest absolute Gasteiger partial charge is 0.241 e. The Hall–Kier alpha value is -4.56. The molecule has 0 spiro atoms. The first-order chi connectivity index (χ1) is 37.7. The van der Waals surface area contributed by atoms with Gasteiger partial charge in [-0.3, -0.25) is 19.8 Å². The number of pyridine rings is 2. The molecule has 6 saturated heterocycles. The maximum atomic E-state index is 14.7. The van der Waals surface area contributed by atoms with Crippen LogP contribution >= 0.6 is 0 Å². The molecule has 80 heavy (non-hydrogen) atoms. The zero-order chi connectivity index (χ0) is 57.9. The van der Waals surface area contributed by atoms with Crippen LogP contribution in [0.2, 0.25) is 0 Å². The average Bonchev–Trinajstić information content (AvgIpc) is 3.41. The van der Waals surface area contributed by atoms with E-state index in [1.165, 1.54) is 24.0 Å². The minimum absolute atomic E-state index is 0.0842. The van der Waals surface area contributed by atoms with Crippen LogP contribution in [0.4, 0.5) is 0 Å². The quantitative estimate of drug-likeness (QED) is 0.0982. The fourth-order valence-electron chi connectivity index (χ4n) is 14.0. The molecule has 2 N–H and O–H groups in total. The van der Waals surface area contributed by atoms with Gasteiger partial charge in [-0.15, -0.1) is 0 Å². The number of sulfonamides is 2. The van der Waals surface area contributed by atoms with E-state index in [9.17, 15) is 16.8 Å². The van der Waals surface area contributed by atoms with Crippen molar-refractivity contribution < 1.29 is 16.8 Å². The molecule has 12 heteroatoms. The molecule has 6 aliphatic rings. The number of rotatable bonds is 16. The van der Waals surface area contributed by atoms with Crippen molar-refractivity contribution in [1.82, 2.24) is 29.2 Å². The van der Waals surface area contributed by atoms with E-state index in [1.54, 1.807) is 0 Å². The molecule has 8 heterocycles. The predicted molar refractivity (Wildman–Crippen MR) is 331 cm³/mol. The Bertz CT molecular complexity index is 3160. The zero-order valence-electron chi connectivity index (χ0n) is 51.1. The second-order valence-corrected chi connectivity index (χ2v) is 30.0. The molecule has 0 amide bonds. The first-order valence-corrected chi connectivity index (χ1v) is 33.3. The third-order valence-electron chi connectivity index (χ3n) is 18.8. The Morgan fingerprint density at radius 3 is 1.07 bits per heavy atom. The maximum absolute atomic E-state index is 14.7. The van der Waals surface area contributed by atoms with Gasteiger partial charge in [-0.2, -0.15) is 0 Å². The van der Waals surface area contributed by atoms with E-state index in [0.717, 1.165) is 105 Å². The lowest BCUT2D eigenvalue weighted by molar-refractivity contribution is -0.00496. The second-order valence-electron chi connectivity index (χ2n) is 26.7. The summed E-state index contributed by atoms with van der Waals surface area (Å²) < 4.78 is 65.6. The summed E-state index contributed by atoms with van der Waals surface area (Å²) >= 11 is 0. The Balaban J connectivity index is 0.000000194. The molecular formula is C68H94N6O4S2. The summed E-state index contributed by atoms with van der Waals surface area (Å²) in [6.45, 7) is 38.5. The van der Waals surface area contributed by atoms with Crippen LogP contribution in [0.3, 0.4) is 0 Å². The highest BCUT2D eigenvalue weighted by atomic mass is 32.2. The fraction of sp³-hybridized carbons (Fsp3) is 0.559. The lowest BCUT2D eigenvalue weighted by Gasteiger charge is -2.51. The summed E-state index contributed by atoms with van der Waals surface area (Å²) in [5.74, 6) is 3.52. The molecule has 6 fully saturated rings. The molecule has 8 unspecified atom stereocenters. The minimum atomic E-state index is -3.86. The lowest BCUT2D eigenvalue weighted by Crippen LogP contribution is -2.57. The number of hydrogen-bond acceptors (Lipinski definition) is 8. The van der Waals surface area contributed by atoms with Crippen molar-refractivity contribution in [1.29, 1.82) is 0 Å². The highest BCUT2D eigenvalue weighted by Crippen LogP contribution is 2.46. The third kappa shape index (κ3) is 12.2. The monoisotopic (exact) mass is 1120 g/mol. The van der Waals surface area contributed by atoms with Crippen LogP contribution in [0.15, 0.2) is 95.0 Å². The van der Waals surface area contributed by atoms with Gasteiger partial charge in [-0.05, 0) is 193 Å². The molecule has 0 radical (unpaired) electrons. The molecule has 4 aromatic carbocycles. The van der Waals surface area contributed by atoms with Crippen LogP contribution in [-0.4, -0.2) is 74.9 Å². The number of aryl methyl sites for hydroxylation is 2. The molecule has 6 aliphatic heterocycles. The van der Waals surface area contributed by atoms with E-state index < -0.39 is 20.0 Å². The van der Waals surface area contributed by atoms with Gasteiger partial charge in [-0.1, -0.05) is 144 Å². The fourth-order valence-corrected chi connectivity index (χ4v) is 17.9. The van der Waals surface area contributed by atoms with Crippen LogP contribution in [0.1, 0.15) is 226 Å². The van der Waals surface area contributed by atoms with Crippen molar-refractivity contribution in [2.45, 2.75) is 206 Å². The molecule has 432 valence electrons. The van der Waals surface area contributed by atoms with Crippen molar-refractivity contribution in [3.8, 4) is 0 Å². The Labute approximate surface area is 481 Å². The molecule has 10 nitrogen and oxygen atoms in total. The van der Waals surface area contributed by atoms with Gasteiger partial charge >= 0.3 is 0 Å². The van der Waals surface area contributed by atoms with Crippen LogP contribution in [0.25, 0.3) is 21.8 Å². The summed E-state index contributed by atoms with van der Waals surface area (Å²) in [7, 11) is -7.71. The normalized spacial score (nSPS) is 24.0. The Morgan fingerprint density at radius 2 is 0.800 bits per heavy atom. The summed E-state index contributed by atoms with van der Waals surface area (Å²) in [6.07, 6.45) is 8.07. The minimum Gasteiger partial charge on any atom is -0.298 e. The molecule has 10 atom stereocenters. The molecule has 2 aromatic heterocycles. The van der Waals surface area contributed by atoms with Crippen LogP contribution < -0.4 is 9.44 Å². The first kappa shape index (κ1) is 60.0. The van der Waals surface area contributed by atoms with E-state index in [0.29, 0.717) is 45.3 Å². The van der Waals surface area contributed by atoms with Gasteiger partial charge in [0.15, 0.2) is 0 Å². The number of nitrogens with one attached hydrogen (secondary N) is 2. The van der Waals surface area contributed by atoms with Crippen molar-refractivity contribution in [3.63, 3.8) is 0 Å². The molecule has 0 saturated carbocycles. The molecular weight excluding hydrogens is 1030 g/mol. The zero-order valence-corrected chi connectivity index (χ0v) is 52.7. The summed E-state index contributed by atoms with van der Waals surface area (Å²) in [4.78, 5) is 15.3. The van der Waals surface area contributed by atoms with E-state index in [-0.39, 0.29) is 47.8 Å². The first-order valence-electron chi connectivity index (χ1n) is 30.3. The largest absolute Gasteiger partial charge is 0.298 e. The number of hydrogen-bond donors (Lipinski definition) is 2. The molecule has 6 aromatic rings. The molecule has 4 bridgehead atoms. The summed E-state index contributed by atoms with van der Waals surface area (Å²) in [5.41, 5.74) is 12.2. The van der Waals surface area contributed by atoms with Crippen LogP contribution in [0, 0.1) is 37.5 Å². The highest BCUT2D eigenvalue weighted by molar-refractivity contribution is 7.90. The Morgan fingerprint density at radius 1 is 0.463 bits per heavy atom. The number of aromatic nitrogens is 2. The SMILES string of the molecule is Cc1ccc2nccc([C@@H](NS(=O)(=O)c3c(C(C)C)cc(C(C)C)cc3C(C)C)C3CC4CCN3CC4C)c2c1.Cc1ccc2nccc([C@H](NS(=O)(=O)c3c(C(C)C)cc(C(C)C)cc3C(C)C)C3CC4CCN3CC4C)c2c1. The lowest BCUT2D eigenvalue weighted by atomic mass is 9.74. The molecule has 0 aliphatic carbocycles. The van der Waals surface area contributed by atoms with E-state index >= 15 is 0 Å². The van der Waals surface area contributed by atoms with Gasteiger partial charge in [0.05, 0.1) is 32.9 Å². The number of fused-ring (bicyclic) bond motifs is 8. The van der Waals surface area contributed by atoms with Crippen LogP contribution in [0.5, 0.6) is 0 Å². The van der Waals surface area contributed by atoms with Gasteiger partial charge in [0, 0.05) is 48.3 Å². The average molecular weight is 1120 g/mol. The van der Waals surface area contributed by atoms with Gasteiger partial charge < -0.3 is 0 Å². The van der Waals surface area contributed by atoms with E-state index in [4.69, 9.17) is 0 Å². The molecule has 12 rings (SSSR count). The highest BCUT2D eigenvalue weighted by Gasteiger charge is 2.46. The number of piperidine rings is 6. The third-order valence-corrected chi connectivity index (χ3v) is 22.0. The number of nitrogens with zero attached hydrogens (tertiary/aromatic N) is 4. The van der Waals surface area contributed by atoms with Gasteiger partial charge in [0.2, 0.25) is 20.0 Å². The Kier molecular flexibility index (Phi) is 18.0. The van der Waals surface area contributed by atoms with E-state index in [2.05, 4.69) is 189 Å².